The summed E-state index contributed by atoms with van der Waals surface area (Å²) in [6, 6.07) is 6.05. The monoisotopic (exact) mass is 309 g/mol. The van der Waals surface area contributed by atoms with E-state index in [-0.39, 0.29) is 17.2 Å². The topological polar surface area (TPSA) is 63.2 Å². The summed E-state index contributed by atoms with van der Waals surface area (Å²) in [6.45, 7) is 3.60. The van der Waals surface area contributed by atoms with Crippen LogP contribution in [0.4, 0.5) is 0 Å². The van der Waals surface area contributed by atoms with Gasteiger partial charge in [-0.15, -0.1) is 0 Å². The van der Waals surface area contributed by atoms with Crippen LogP contribution in [0.25, 0.3) is 0 Å². The normalized spacial score (nSPS) is 11.5. The van der Waals surface area contributed by atoms with Crippen molar-refractivity contribution in [2.45, 2.75) is 25.3 Å². The third-order valence-electron chi connectivity index (χ3n) is 2.97. The number of rotatable bonds is 5. The quantitative estimate of drug-likeness (QED) is 0.864. The van der Waals surface area contributed by atoms with Crippen LogP contribution in [0.5, 0.6) is 0 Å². The van der Waals surface area contributed by atoms with Gasteiger partial charge in [0.2, 0.25) is 10.0 Å². The zero-order valence-electron chi connectivity index (χ0n) is 11.2. The Morgan fingerprint density at radius 3 is 2.65 bits per heavy atom. The number of hydrogen-bond donors (Lipinski definition) is 1. The first kappa shape index (κ1) is 14.9. The predicted octanol–water partition coefficient (Wildman–Crippen LogP) is 2.74. The molecule has 20 heavy (non-hydrogen) atoms. The van der Waals surface area contributed by atoms with E-state index < -0.39 is 10.0 Å². The number of benzene rings is 1. The number of hydrogen-bond acceptors (Lipinski definition) is 4. The molecule has 0 atom stereocenters. The van der Waals surface area contributed by atoms with Crippen LogP contribution in [0.1, 0.15) is 28.4 Å². The standard InChI is InChI=1S/C14H15NO3S2/c1-10-8-19-9-13(10)7-15-20(17,18)14-5-3-4-12(6-14)11(2)16/h3-6,8-9,15H,7H2,1-2H3. The average molecular weight is 309 g/mol. The van der Waals surface area contributed by atoms with Gasteiger partial charge in [0.15, 0.2) is 5.78 Å². The Hall–Kier alpha value is -1.50. The number of carbonyl (C=O) groups excluding carboxylic acids is 1. The molecule has 1 N–H and O–H groups in total. The average Bonchev–Trinajstić information content (AvgIpc) is 2.82. The molecular formula is C14H15NO3S2. The molecule has 4 nitrogen and oxygen atoms in total. The summed E-state index contributed by atoms with van der Waals surface area (Å²) >= 11 is 1.54. The van der Waals surface area contributed by atoms with Crippen LogP contribution in [0.15, 0.2) is 39.9 Å². The Bertz CT molecular complexity index is 732. The van der Waals surface area contributed by atoms with Crippen LogP contribution in [-0.2, 0) is 16.6 Å². The molecule has 2 aromatic rings. The minimum absolute atomic E-state index is 0.109. The first-order valence-corrected chi connectivity index (χ1v) is 8.45. The maximum Gasteiger partial charge on any atom is 0.240 e. The van der Waals surface area contributed by atoms with E-state index in [9.17, 15) is 13.2 Å². The van der Waals surface area contributed by atoms with Crippen LogP contribution in [-0.4, -0.2) is 14.2 Å². The molecule has 0 aliphatic carbocycles. The highest BCUT2D eigenvalue weighted by Crippen LogP contribution is 2.16. The van der Waals surface area contributed by atoms with E-state index in [0.29, 0.717) is 5.56 Å². The SMILES string of the molecule is CC(=O)c1cccc(S(=O)(=O)NCc2cscc2C)c1. The lowest BCUT2D eigenvalue weighted by Crippen LogP contribution is -2.23. The number of ketones is 1. The van der Waals surface area contributed by atoms with Gasteiger partial charge in [0.05, 0.1) is 4.90 Å². The fourth-order valence-corrected chi connectivity index (χ4v) is 3.62. The fourth-order valence-electron chi connectivity index (χ4n) is 1.71. The molecular weight excluding hydrogens is 294 g/mol. The molecule has 0 amide bonds. The molecule has 0 unspecified atom stereocenters. The third kappa shape index (κ3) is 3.33. The number of thiophene rings is 1. The molecule has 1 aromatic carbocycles. The molecule has 0 fully saturated rings. The van der Waals surface area contributed by atoms with Gasteiger partial charge in [-0.05, 0) is 47.9 Å². The minimum Gasteiger partial charge on any atom is -0.295 e. The van der Waals surface area contributed by atoms with Crippen molar-refractivity contribution in [2.75, 3.05) is 0 Å². The van der Waals surface area contributed by atoms with Crippen molar-refractivity contribution in [3.05, 3.63) is 51.7 Å². The van der Waals surface area contributed by atoms with Gasteiger partial charge in [-0.3, -0.25) is 4.79 Å². The van der Waals surface area contributed by atoms with Crippen molar-refractivity contribution in [1.29, 1.82) is 0 Å². The first-order chi connectivity index (χ1) is 9.40. The molecule has 0 bridgehead atoms. The lowest BCUT2D eigenvalue weighted by Gasteiger charge is -2.07. The highest BCUT2D eigenvalue weighted by Gasteiger charge is 2.15. The largest absolute Gasteiger partial charge is 0.295 e. The van der Waals surface area contributed by atoms with Crippen LogP contribution >= 0.6 is 11.3 Å². The Balaban J connectivity index is 2.20. The Kier molecular flexibility index (Phi) is 4.37. The predicted molar refractivity (Wildman–Crippen MR) is 79.5 cm³/mol. The smallest absolute Gasteiger partial charge is 0.240 e. The number of aryl methyl sites for hydroxylation is 1. The van der Waals surface area contributed by atoms with E-state index in [4.69, 9.17) is 0 Å². The Morgan fingerprint density at radius 2 is 2.05 bits per heavy atom. The number of Topliss-reactive ketones (excluding diaryl/α,β-unsaturated/α-hetero) is 1. The van der Waals surface area contributed by atoms with Gasteiger partial charge in [-0.25, -0.2) is 13.1 Å². The van der Waals surface area contributed by atoms with Crippen LogP contribution in [0.3, 0.4) is 0 Å². The lowest BCUT2D eigenvalue weighted by atomic mass is 10.2. The van der Waals surface area contributed by atoms with Crippen LogP contribution in [0, 0.1) is 6.92 Å². The molecule has 0 saturated heterocycles. The second-order valence-electron chi connectivity index (χ2n) is 4.49. The highest BCUT2D eigenvalue weighted by molar-refractivity contribution is 7.89. The molecule has 0 aliphatic rings. The van der Waals surface area contributed by atoms with Crippen molar-refractivity contribution < 1.29 is 13.2 Å². The van der Waals surface area contributed by atoms with Crippen molar-refractivity contribution in [1.82, 2.24) is 4.72 Å². The van der Waals surface area contributed by atoms with Crippen molar-refractivity contribution in [3.8, 4) is 0 Å². The van der Waals surface area contributed by atoms with Gasteiger partial charge in [0.25, 0.3) is 0 Å². The summed E-state index contributed by atoms with van der Waals surface area (Å²) in [5, 5.41) is 3.89. The highest BCUT2D eigenvalue weighted by atomic mass is 32.2. The summed E-state index contributed by atoms with van der Waals surface area (Å²) in [6.07, 6.45) is 0. The zero-order chi connectivity index (χ0) is 14.8. The summed E-state index contributed by atoms with van der Waals surface area (Å²) in [7, 11) is -3.61. The maximum atomic E-state index is 12.2. The van der Waals surface area contributed by atoms with E-state index in [1.54, 1.807) is 12.1 Å². The van der Waals surface area contributed by atoms with Gasteiger partial charge in [-0.1, -0.05) is 12.1 Å². The zero-order valence-corrected chi connectivity index (χ0v) is 12.8. The molecule has 1 heterocycles. The summed E-state index contributed by atoms with van der Waals surface area (Å²) in [4.78, 5) is 11.4. The fraction of sp³-hybridized carbons (Fsp3) is 0.214. The van der Waals surface area contributed by atoms with Crippen molar-refractivity contribution in [2.24, 2.45) is 0 Å². The third-order valence-corrected chi connectivity index (χ3v) is 5.27. The van der Waals surface area contributed by atoms with E-state index in [1.807, 2.05) is 17.7 Å². The maximum absolute atomic E-state index is 12.2. The second kappa shape index (κ2) is 5.87. The number of carbonyl (C=O) groups is 1. The van der Waals surface area contributed by atoms with Gasteiger partial charge in [0.1, 0.15) is 0 Å². The summed E-state index contributed by atoms with van der Waals surface area (Å²) < 4.78 is 26.9. The van der Waals surface area contributed by atoms with Crippen LogP contribution < -0.4 is 4.72 Å². The molecule has 0 spiro atoms. The van der Waals surface area contributed by atoms with Gasteiger partial charge >= 0.3 is 0 Å². The van der Waals surface area contributed by atoms with Gasteiger partial charge in [0, 0.05) is 12.1 Å². The van der Waals surface area contributed by atoms with E-state index >= 15 is 0 Å². The molecule has 106 valence electrons. The summed E-state index contributed by atoms with van der Waals surface area (Å²) in [5.74, 6) is -0.157. The summed E-state index contributed by atoms with van der Waals surface area (Å²) in [5.41, 5.74) is 2.41. The van der Waals surface area contributed by atoms with E-state index in [2.05, 4.69) is 4.72 Å². The molecule has 0 aliphatic heterocycles. The van der Waals surface area contributed by atoms with Crippen LogP contribution in [0.2, 0.25) is 0 Å². The molecule has 6 heteroatoms. The van der Waals surface area contributed by atoms with Gasteiger partial charge < -0.3 is 0 Å². The van der Waals surface area contributed by atoms with E-state index in [0.717, 1.165) is 11.1 Å². The molecule has 0 radical (unpaired) electrons. The van der Waals surface area contributed by atoms with Gasteiger partial charge in [-0.2, -0.15) is 11.3 Å². The Labute approximate surface area is 122 Å². The van der Waals surface area contributed by atoms with Crippen molar-refractivity contribution in [3.63, 3.8) is 0 Å². The van der Waals surface area contributed by atoms with E-state index in [1.165, 1.54) is 30.4 Å². The first-order valence-electron chi connectivity index (χ1n) is 6.02. The van der Waals surface area contributed by atoms with Crippen molar-refractivity contribution >= 4 is 27.1 Å². The number of nitrogens with one attached hydrogen (secondary N) is 1. The Morgan fingerprint density at radius 1 is 1.30 bits per heavy atom. The molecule has 2 rings (SSSR count). The molecule has 0 saturated carbocycles. The number of sulfonamides is 1. The molecule has 1 aromatic heterocycles. The minimum atomic E-state index is -3.61. The second-order valence-corrected chi connectivity index (χ2v) is 7.00. The lowest BCUT2D eigenvalue weighted by molar-refractivity contribution is 0.101.